The number of aromatic nitrogens is 2. The summed E-state index contributed by atoms with van der Waals surface area (Å²) in [5.41, 5.74) is 1.000. The molecule has 0 amide bonds. The molecule has 2 rings (SSSR count). The highest BCUT2D eigenvalue weighted by Gasteiger charge is 2.12. The maximum atomic E-state index is 10.7. The number of rotatable bonds is 2. The zero-order valence-electron chi connectivity index (χ0n) is 8.30. The van der Waals surface area contributed by atoms with Crippen LogP contribution in [-0.2, 0) is 0 Å². The first kappa shape index (κ1) is 12.1. The first-order valence-electron chi connectivity index (χ1n) is 4.51. The molecule has 2 aromatic rings. The molecule has 0 N–H and O–H groups in total. The van der Waals surface area contributed by atoms with E-state index in [1.807, 2.05) is 0 Å². The molecule has 5 nitrogen and oxygen atoms in total. The first-order chi connectivity index (χ1) is 8.06. The normalized spacial score (nSPS) is 10.2. The Morgan fingerprint density at radius 3 is 2.41 bits per heavy atom. The third-order valence-corrected chi connectivity index (χ3v) is 2.82. The summed E-state index contributed by atoms with van der Waals surface area (Å²) in [5.74, 6) is 0. The van der Waals surface area contributed by atoms with Gasteiger partial charge in [-0.1, -0.05) is 6.07 Å². The summed E-state index contributed by atoms with van der Waals surface area (Å²) in [4.78, 5) is 18.6. The number of pyridine rings is 2. The fourth-order valence-electron chi connectivity index (χ4n) is 1.27. The maximum absolute atomic E-state index is 10.7. The zero-order valence-corrected chi connectivity index (χ0v) is 11.5. The molecule has 0 fully saturated rings. The second-order valence-corrected chi connectivity index (χ2v) is 4.76. The highest BCUT2D eigenvalue weighted by atomic mass is 79.9. The van der Waals surface area contributed by atoms with E-state index in [0.717, 1.165) is 0 Å². The van der Waals surface area contributed by atoms with E-state index in [9.17, 15) is 10.1 Å². The molecule has 0 saturated carbocycles. The standard InChI is InChI=1S/C10H5Br2N3O2/c11-9-3-1-2-7(13-9)8-4-6(15(16)17)5-10(12)14-8/h1-5H. The van der Waals surface area contributed by atoms with E-state index in [2.05, 4.69) is 41.8 Å². The van der Waals surface area contributed by atoms with Gasteiger partial charge in [0.05, 0.1) is 16.3 Å². The summed E-state index contributed by atoms with van der Waals surface area (Å²) in [6.45, 7) is 0. The van der Waals surface area contributed by atoms with Crippen LogP contribution in [0.4, 0.5) is 5.69 Å². The molecule has 17 heavy (non-hydrogen) atoms. The van der Waals surface area contributed by atoms with E-state index in [-0.39, 0.29) is 5.69 Å². The number of hydrogen-bond acceptors (Lipinski definition) is 4. The van der Waals surface area contributed by atoms with Gasteiger partial charge in [-0.05, 0) is 44.0 Å². The van der Waals surface area contributed by atoms with Crippen molar-refractivity contribution >= 4 is 37.5 Å². The minimum absolute atomic E-state index is 0.0244. The van der Waals surface area contributed by atoms with Crippen molar-refractivity contribution in [3.05, 3.63) is 49.7 Å². The van der Waals surface area contributed by atoms with Crippen molar-refractivity contribution in [2.45, 2.75) is 0 Å². The van der Waals surface area contributed by atoms with Gasteiger partial charge in [0.2, 0.25) is 0 Å². The maximum Gasteiger partial charge on any atom is 0.274 e. The molecule has 0 radical (unpaired) electrons. The summed E-state index contributed by atoms with van der Waals surface area (Å²) in [6, 6.07) is 8.04. The van der Waals surface area contributed by atoms with E-state index < -0.39 is 4.92 Å². The van der Waals surface area contributed by atoms with Crippen LogP contribution in [0.15, 0.2) is 39.5 Å². The predicted octanol–water partition coefficient (Wildman–Crippen LogP) is 3.58. The molecule has 0 aromatic carbocycles. The fraction of sp³-hybridized carbons (Fsp3) is 0. The number of hydrogen-bond donors (Lipinski definition) is 0. The first-order valence-corrected chi connectivity index (χ1v) is 6.10. The Bertz CT molecular complexity index is 590. The Morgan fingerprint density at radius 1 is 1.06 bits per heavy atom. The smallest absolute Gasteiger partial charge is 0.258 e. The molecule has 0 unspecified atom stereocenters. The van der Waals surface area contributed by atoms with Crippen LogP contribution in [-0.4, -0.2) is 14.9 Å². The predicted molar refractivity (Wildman–Crippen MR) is 69.5 cm³/mol. The lowest BCUT2D eigenvalue weighted by Crippen LogP contribution is -1.93. The average Bonchev–Trinajstić information content (AvgIpc) is 2.28. The number of nitrogens with zero attached hydrogens (tertiary/aromatic N) is 3. The van der Waals surface area contributed by atoms with Gasteiger partial charge in [0.1, 0.15) is 9.21 Å². The lowest BCUT2D eigenvalue weighted by molar-refractivity contribution is -0.384. The van der Waals surface area contributed by atoms with Crippen molar-refractivity contribution in [2.24, 2.45) is 0 Å². The van der Waals surface area contributed by atoms with Crippen LogP contribution in [0.2, 0.25) is 0 Å². The summed E-state index contributed by atoms with van der Waals surface area (Å²) < 4.78 is 1.06. The van der Waals surface area contributed by atoms with E-state index in [4.69, 9.17) is 0 Å². The van der Waals surface area contributed by atoms with Crippen molar-refractivity contribution in [3.63, 3.8) is 0 Å². The van der Waals surface area contributed by atoms with Gasteiger partial charge in [-0.2, -0.15) is 0 Å². The van der Waals surface area contributed by atoms with Crippen LogP contribution >= 0.6 is 31.9 Å². The van der Waals surface area contributed by atoms with Gasteiger partial charge >= 0.3 is 0 Å². The highest BCUT2D eigenvalue weighted by Crippen LogP contribution is 2.24. The van der Waals surface area contributed by atoms with Gasteiger partial charge in [0.15, 0.2) is 0 Å². The molecule has 0 saturated heterocycles. The van der Waals surface area contributed by atoms with Crippen LogP contribution < -0.4 is 0 Å². The highest BCUT2D eigenvalue weighted by molar-refractivity contribution is 9.10. The number of halogens is 2. The summed E-state index contributed by atoms with van der Waals surface area (Å²) in [6.07, 6.45) is 0. The largest absolute Gasteiger partial charge is 0.274 e. The molecule has 86 valence electrons. The second kappa shape index (κ2) is 4.89. The van der Waals surface area contributed by atoms with Gasteiger partial charge in [-0.15, -0.1) is 0 Å². The minimum Gasteiger partial charge on any atom is -0.258 e. The minimum atomic E-state index is -0.464. The fourth-order valence-corrected chi connectivity index (χ4v) is 2.04. The van der Waals surface area contributed by atoms with Gasteiger partial charge in [0, 0.05) is 12.1 Å². The SMILES string of the molecule is O=[N+]([O-])c1cc(Br)nc(-c2cccc(Br)n2)c1. The summed E-state index contributed by atoms with van der Waals surface area (Å²) in [5, 5.41) is 10.7. The Kier molecular flexibility index (Phi) is 3.49. The molecule has 2 heterocycles. The van der Waals surface area contributed by atoms with Crippen molar-refractivity contribution < 1.29 is 4.92 Å². The Labute approximate surface area is 113 Å². The van der Waals surface area contributed by atoms with Crippen LogP contribution in [0.1, 0.15) is 0 Å². The van der Waals surface area contributed by atoms with Crippen molar-refractivity contribution in [2.75, 3.05) is 0 Å². The second-order valence-electron chi connectivity index (χ2n) is 3.14. The lowest BCUT2D eigenvalue weighted by atomic mass is 10.2. The molecule has 2 aromatic heterocycles. The lowest BCUT2D eigenvalue weighted by Gasteiger charge is -2.01. The molecule has 0 bridgehead atoms. The van der Waals surface area contributed by atoms with Gasteiger partial charge in [-0.25, -0.2) is 9.97 Å². The zero-order chi connectivity index (χ0) is 12.4. The molecule has 0 aliphatic rings. The Balaban J connectivity index is 2.56. The molecule has 0 aliphatic carbocycles. The van der Waals surface area contributed by atoms with Crippen molar-refractivity contribution in [3.8, 4) is 11.4 Å². The van der Waals surface area contributed by atoms with Crippen LogP contribution in [0.25, 0.3) is 11.4 Å². The molecule has 0 atom stereocenters. The summed E-state index contributed by atoms with van der Waals surface area (Å²) in [7, 11) is 0. The van der Waals surface area contributed by atoms with E-state index >= 15 is 0 Å². The molecule has 0 aliphatic heterocycles. The van der Waals surface area contributed by atoms with Crippen molar-refractivity contribution in [1.82, 2.24) is 9.97 Å². The van der Waals surface area contributed by atoms with E-state index in [0.29, 0.717) is 20.6 Å². The van der Waals surface area contributed by atoms with E-state index in [1.165, 1.54) is 12.1 Å². The van der Waals surface area contributed by atoms with Crippen LogP contribution in [0.5, 0.6) is 0 Å². The Morgan fingerprint density at radius 2 is 1.76 bits per heavy atom. The average molecular weight is 359 g/mol. The topological polar surface area (TPSA) is 68.9 Å². The van der Waals surface area contributed by atoms with Gasteiger partial charge < -0.3 is 0 Å². The Hall–Kier alpha value is -1.34. The summed E-state index contributed by atoms with van der Waals surface area (Å²) >= 11 is 6.38. The van der Waals surface area contributed by atoms with Crippen molar-refractivity contribution in [1.29, 1.82) is 0 Å². The molecular formula is C10H5Br2N3O2. The number of nitro groups is 1. The van der Waals surface area contributed by atoms with Crippen LogP contribution in [0, 0.1) is 10.1 Å². The molecule has 7 heteroatoms. The third kappa shape index (κ3) is 2.86. The molecule has 0 spiro atoms. The molecular weight excluding hydrogens is 354 g/mol. The monoisotopic (exact) mass is 357 g/mol. The third-order valence-electron chi connectivity index (χ3n) is 1.97. The van der Waals surface area contributed by atoms with Gasteiger partial charge in [-0.3, -0.25) is 10.1 Å². The van der Waals surface area contributed by atoms with E-state index in [1.54, 1.807) is 18.2 Å². The van der Waals surface area contributed by atoms with Crippen LogP contribution in [0.3, 0.4) is 0 Å². The van der Waals surface area contributed by atoms with Gasteiger partial charge in [0.25, 0.3) is 5.69 Å². The quantitative estimate of drug-likeness (QED) is 0.467.